The van der Waals surface area contributed by atoms with Crippen LogP contribution in [0.5, 0.6) is 0 Å². The number of unbranched alkanes of at least 4 members (excludes halogenated alkanes) is 1. The third-order valence-corrected chi connectivity index (χ3v) is 5.01. The molecule has 2 aromatic carbocycles. The van der Waals surface area contributed by atoms with Crippen LogP contribution in [0.25, 0.3) is 11.0 Å². The van der Waals surface area contributed by atoms with Gasteiger partial charge in [0.2, 0.25) is 5.91 Å². The molecule has 1 heterocycles. The van der Waals surface area contributed by atoms with E-state index >= 15 is 0 Å². The van der Waals surface area contributed by atoms with Gasteiger partial charge in [-0.25, -0.2) is 0 Å². The Hall–Kier alpha value is -2.88. The minimum absolute atomic E-state index is 0.0856. The average Bonchev–Trinajstić information content (AvgIpc) is 3.02. The van der Waals surface area contributed by atoms with Crippen LogP contribution in [-0.2, 0) is 11.8 Å². The third kappa shape index (κ3) is 3.72. The number of hydrogen-bond donors (Lipinski definition) is 1. The third-order valence-electron chi connectivity index (χ3n) is 5.01. The molecule has 3 rings (SSSR count). The summed E-state index contributed by atoms with van der Waals surface area (Å²) in [5.74, 6) is 0.156. The van der Waals surface area contributed by atoms with Crippen LogP contribution in [0.3, 0.4) is 0 Å². The van der Waals surface area contributed by atoms with E-state index in [1.165, 1.54) is 0 Å². The lowest BCUT2D eigenvalue weighted by atomic mass is 9.81. The van der Waals surface area contributed by atoms with Crippen LogP contribution in [0.1, 0.15) is 78.1 Å². The Bertz CT molecular complexity index is 1040. The van der Waals surface area contributed by atoms with Gasteiger partial charge < -0.3 is 10.2 Å². The standard InChI is InChI=1S/C24H27NO3/c1-5-6-10-20-21(17-9-7-8-11-19(17)28-20)22(26)15-12-13-16(23(25)27)18(14-15)24(2,3)4/h7-9,11-14H,5-6,10H2,1-4H3,(H2,25,27). The quantitative estimate of drug-likeness (QED) is 0.584. The monoisotopic (exact) mass is 377 g/mol. The van der Waals surface area contributed by atoms with Gasteiger partial charge in [0.05, 0.1) is 5.56 Å². The first-order chi connectivity index (χ1) is 13.2. The van der Waals surface area contributed by atoms with Gasteiger partial charge in [-0.3, -0.25) is 9.59 Å². The number of amides is 1. The Morgan fingerprint density at radius 3 is 2.43 bits per heavy atom. The molecular weight excluding hydrogens is 350 g/mol. The Balaban J connectivity index is 2.16. The number of rotatable bonds is 6. The molecule has 0 aliphatic rings. The highest BCUT2D eigenvalue weighted by Gasteiger charge is 2.25. The summed E-state index contributed by atoms with van der Waals surface area (Å²) in [6, 6.07) is 12.8. The molecule has 0 aliphatic heterocycles. The fourth-order valence-electron chi connectivity index (χ4n) is 3.52. The lowest BCUT2D eigenvalue weighted by Gasteiger charge is -2.22. The molecule has 0 saturated heterocycles. The van der Waals surface area contributed by atoms with Crippen LogP contribution < -0.4 is 5.73 Å². The van der Waals surface area contributed by atoms with Gasteiger partial charge in [-0.15, -0.1) is 0 Å². The number of furan rings is 1. The van der Waals surface area contributed by atoms with Gasteiger partial charge in [0.1, 0.15) is 11.3 Å². The molecule has 0 atom stereocenters. The fraction of sp³-hybridized carbons (Fsp3) is 0.333. The number of ketones is 1. The molecule has 0 spiro atoms. The molecule has 3 aromatic rings. The van der Waals surface area contributed by atoms with Gasteiger partial charge in [0, 0.05) is 22.9 Å². The summed E-state index contributed by atoms with van der Waals surface area (Å²) in [5.41, 5.74) is 8.34. The van der Waals surface area contributed by atoms with Crippen LogP contribution in [0.15, 0.2) is 46.9 Å². The predicted molar refractivity (Wildman–Crippen MR) is 112 cm³/mol. The van der Waals surface area contributed by atoms with Crippen LogP contribution >= 0.6 is 0 Å². The zero-order valence-electron chi connectivity index (χ0n) is 17.0. The van der Waals surface area contributed by atoms with Crippen LogP contribution in [0, 0.1) is 0 Å². The van der Waals surface area contributed by atoms with E-state index in [9.17, 15) is 9.59 Å². The summed E-state index contributed by atoms with van der Waals surface area (Å²) in [7, 11) is 0. The van der Waals surface area contributed by atoms with Crippen molar-refractivity contribution in [1.82, 2.24) is 0 Å². The fourth-order valence-corrected chi connectivity index (χ4v) is 3.52. The summed E-state index contributed by atoms with van der Waals surface area (Å²) >= 11 is 0. The molecule has 0 unspecified atom stereocenters. The maximum atomic E-state index is 13.5. The second-order valence-corrected chi connectivity index (χ2v) is 8.20. The number of carbonyl (C=O) groups excluding carboxylic acids is 2. The molecule has 1 aromatic heterocycles. The molecule has 0 radical (unpaired) electrons. The summed E-state index contributed by atoms with van der Waals surface area (Å²) in [6.07, 6.45) is 2.69. The van der Waals surface area contributed by atoms with E-state index in [1.54, 1.807) is 18.2 Å². The molecule has 2 N–H and O–H groups in total. The van der Waals surface area contributed by atoms with Gasteiger partial charge in [0.25, 0.3) is 0 Å². The highest BCUT2D eigenvalue weighted by atomic mass is 16.3. The number of fused-ring (bicyclic) bond motifs is 1. The largest absolute Gasteiger partial charge is 0.460 e. The lowest BCUT2D eigenvalue weighted by Crippen LogP contribution is -2.22. The van der Waals surface area contributed by atoms with Crippen molar-refractivity contribution in [3.63, 3.8) is 0 Å². The van der Waals surface area contributed by atoms with Crippen molar-refractivity contribution in [3.05, 3.63) is 70.5 Å². The molecule has 4 nitrogen and oxygen atoms in total. The lowest BCUT2D eigenvalue weighted by molar-refractivity contribution is 0.0994. The highest BCUT2D eigenvalue weighted by Crippen LogP contribution is 2.32. The number of hydrogen-bond acceptors (Lipinski definition) is 3. The smallest absolute Gasteiger partial charge is 0.248 e. The van der Waals surface area contributed by atoms with Crippen molar-refractivity contribution in [2.75, 3.05) is 0 Å². The number of aryl methyl sites for hydroxylation is 1. The normalized spacial score (nSPS) is 11.7. The van der Waals surface area contributed by atoms with Crippen molar-refractivity contribution in [3.8, 4) is 0 Å². The van der Waals surface area contributed by atoms with Crippen LogP contribution in [0.2, 0.25) is 0 Å². The van der Waals surface area contributed by atoms with E-state index in [0.29, 0.717) is 16.7 Å². The van der Waals surface area contributed by atoms with Crippen molar-refractivity contribution >= 4 is 22.7 Å². The molecule has 0 aliphatic carbocycles. The Morgan fingerprint density at radius 2 is 1.79 bits per heavy atom. The number of primary amides is 1. The van der Waals surface area contributed by atoms with Crippen molar-refractivity contribution in [2.45, 2.75) is 52.4 Å². The summed E-state index contributed by atoms with van der Waals surface area (Å²) < 4.78 is 6.01. The minimum atomic E-state index is -0.485. The summed E-state index contributed by atoms with van der Waals surface area (Å²) in [6.45, 7) is 8.12. The van der Waals surface area contributed by atoms with E-state index in [2.05, 4.69) is 6.92 Å². The maximum Gasteiger partial charge on any atom is 0.248 e. The van der Waals surface area contributed by atoms with E-state index in [0.717, 1.165) is 41.6 Å². The van der Waals surface area contributed by atoms with E-state index in [4.69, 9.17) is 10.2 Å². The van der Waals surface area contributed by atoms with Crippen molar-refractivity contribution < 1.29 is 14.0 Å². The first-order valence-electron chi connectivity index (χ1n) is 9.73. The Morgan fingerprint density at radius 1 is 1.07 bits per heavy atom. The summed E-state index contributed by atoms with van der Waals surface area (Å²) in [5, 5.41) is 0.829. The first kappa shape index (κ1) is 19.9. The van der Waals surface area contributed by atoms with Gasteiger partial charge in [-0.2, -0.15) is 0 Å². The topological polar surface area (TPSA) is 73.3 Å². The SMILES string of the molecule is CCCCc1oc2ccccc2c1C(=O)c1ccc(C(N)=O)c(C(C)(C)C)c1. The molecule has 0 bridgehead atoms. The summed E-state index contributed by atoms with van der Waals surface area (Å²) in [4.78, 5) is 25.3. The van der Waals surface area contributed by atoms with Crippen LogP contribution in [-0.4, -0.2) is 11.7 Å². The number of nitrogens with two attached hydrogens (primary N) is 1. The highest BCUT2D eigenvalue weighted by molar-refractivity contribution is 6.17. The number of benzene rings is 2. The maximum absolute atomic E-state index is 13.5. The van der Waals surface area contributed by atoms with E-state index in [-0.39, 0.29) is 11.2 Å². The van der Waals surface area contributed by atoms with Gasteiger partial charge in [-0.05, 0) is 35.6 Å². The zero-order chi connectivity index (χ0) is 20.5. The molecule has 1 amide bonds. The van der Waals surface area contributed by atoms with E-state index in [1.807, 2.05) is 45.0 Å². The Kier molecular flexibility index (Phi) is 5.41. The van der Waals surface area contributed by atoms with Crippen LogP contribution in [0.4, 0.5) is 0 Å². The number of para-hydroxylation sites is 1. The second kappa shape index (κ2) is 7.63. The molecule has 28 heavy (non-hydrogen) atoms. The van der Waals surface area contributed by atoms with Gasteiger partial charge in [0.15, 0.2) is 5.78 Å². The molecule has 4 heteroatoms. The first-order valence-corrected chi connectivity index (χ1v) is 9.73. The molecule has 146 valence electrons. The van der Waals surface area contributed by atoms with Crippen molar-refractivity contribution in [2.24, 2.45) is 5.73 Å². The molecular formula is C24H27NO3. The van der Waals surface area contributed by atoms with Crippen molar-refractivity contribution in [1.29, 1.82) is 0 Å². The predicted octanol–water partition coefficient (Wildman–Crippen LogP) is 5.40. The van der Waals surface area contributed by atoms with Gasteiger partial charge >= 0.3 is 0 Å². The Labute approximate surface area is 165 Å². The minimum Gasteiger partial charge on any atom is -0.460 e. The molecule has 0 fully saturated rings. The number of carbonyl (C=O) groups is 2. The zero-order valence-corrected chi connectivity index (χ0v) is 17.0. The molecule has 0 saturated carbocycles. The average molecular weight is 377 g/mol. The van der Waals surface area contributed by atoms with Gasteiger partial charge in [-0.1, -0.05) is 58.4 Å². The van der Waals surface area contributed by atoms with E-state index < -0.39 is 5.91 Å². The second-order valence-electron chi connectivity index (χ2n) is 8.20.